The van der Waals surface area contributed by atoms with E-state index in [-0.39, 0.29) is 66.8 Å². The van der Waals surface area contributed by atoms with E-state index >= 15 is 0 Å². The summed E-state index contributed by atoms with van der Waals surface area (Å²) < 4.78 is 30.2. The second-order valence-electron chi connectivity index (χ2n) is 18.5. The Balaban J connectivity index is 0.709. The number of benzene rings is 2. The van der Waals surface area contributed by atoms with Crippen LogP contribution >= 0.6 is 11.3 Å². The largest absolute Gasteiger partial charge is 0.483 e. The minimum absolute atomic E-state index is 0.00411. The van der Waals surface area contributed by atoms with Gasteiger partial charge in [0, 0.05) is 69.2 Å². The Morgan fingerprint density at radius 3 is 2.23 bits per heavy atom. The zero-order valence-corrected chi connectivity index (χ0v) is 41.6. The number of thiazole rings is 1. The van der Waals surface area contributed by atoms with Crippen LogP contribution in [0, 0.1) is 11.8 Å². The fourth-order valence-corrected chi connectivity index (χ4v) is 11.1. The number of pyridine rings is 1. The molecule has 0 saturated carbocycles. The van der Waals surface area contributed by atoms with Crippen LogP contribution in [0.1, 0.15) is 69.6 Å². The van der Waals surface area contributed by atoms with Crippen LogP contribution in [0.25, 0.3) is 22.4 Å². The smallest absolute Gasteiger partial charge is 0.266 e. The van der Waals surface area contributed by atoms with E-state index in [2.05, 4.69) is 25.9 Å². The number of nitrogens with one attached hydrogen (secondary N) is 3. The summed E-state index contributed by atoms with van der Waals surface area (Å²) in [6.45, 7) is 1.84. The molecule has 73 heavy (non-hydrogen) atoms. The minimum Gasteiger partial charge on any atom is -0.483 e. The van der Waals surface area contributed by atoms with Crippen molar-refractivity contribution in [2.24, 2.45) is 11.8 Å². The zero-order chi connectivity index (χ0) is 51.6. The van der Waals surface area contributed by atoms with Crippen molar-refractivity contribution in [3.63, 3.8) is 0 Å². The number of hydrogen-bond acceptors (Lipinski definition) is 15. The van der Waals surface area contributed by atoms with Crippen LogP contribution < -0.4 is 25.6 Å². The van der Waals surface area contributed by atoms with Crippen molar-refractivity contribution in [1.29, 1.82) is 0 Å². The number of nitrogens with zero attached hydrogens (tertiary/aromatic N) is 7. The molecule has 3 fully saturated rings. The number of amides is 8. The highest BCUT2D eigenvalue weighted by atomic mass is 32.2. The second kappa shape index (κ2) is 21.1. The highest BCUT2D eigenvalue weighted by molar-refractivity contribution is 7.89. The van der Waals surface area contributed by atoms with Gasteiger partial charge >= 0.3 is 0 Å². The molecule has 2 aromatic carbocycles. The lowest BCUT2D eigenvalue weighted by Crippen LogP contribution is -2.54. The van der Waals surface area contributed by atoms with Crippen molar-refractivity contribution < 1.29 is 51.5 Å². The maximum Gasteiger partial charge on any atom is 0.266 e. The van der Waals surface area contributed by atoms with Crippen LogP contribution in [-0.4, -0.2) is 150 Å². The summed E-state index contributed by atoms with van der Waals surface area (Å²) in [5.41, 5.74) is 3.39. The van der Waals surface area contributed by atoms with Gasteiger partial charge in [-0.2, -0.15) is 0 Å². The lowest BCUT2D eigenvalue weighted by atomic mass is 9.79. The Kier molecular flexibility index (Phi) is 14.5. The number of carbonyl (C=O) groups is 8. The third-order valence-corrected chi connectivity index (χ3v) is 15.5. The molecule has 1 atom stereocenters. The molecule has 3 saturated heterocycles. The van der Waals surface area contributed by atoms with Crippen molar-refractivity contribution in [1.82, 2.24) is 39.3 Å². The number of imide groups is 2. The first-order valence-electron chi connectivity index (χ1n) is 23.7. The molecule has 1 unspecified atom stereocenters. The highest BCUT2D eigenvalue weighted by Crippen LogP contribution is 2.36. The number of aromatic nitrogens is 3. The van der Waals surface area contributed by atoms with Crippen molar-refractivity contribution in [2.45, 2.75) is 44.6 Å². The summed E-state index contributed by atoms with van der Waals surface area (Å²) in [5, 5.41) is 9.49. The first-order chi connectivity index (χ1) is 35.0. The van der Waals surface area contributed by atoms with Gasteiger partial charge in [-0.25, -0.2) is 18.4 Å². The fourth-order valence-electron chi connectivity index (χ4n) is 9.73. The van der Waals surface area contributed by atoms with Crippen LogP contribution in [-0.2, 0) is 34.0 Å². The van der Waals surface area contributed by atoms with E-state index in [4.69, 9.17) is 4.74 Å². The maximum atomic E-state index is 13.6. The van der Waals surface area contributed by atoms with Gasteiger partial charge in [0.1, 0.15) is 17.6 Å². The minimum atomic E-state index is -3.55. The predicted molar refractivity (Wildman–Crippen MR) is 267 cm³/mol. The fraction of sp³-hybridized carbons (Fsp3) is 0.360. The van der Waals surface area contributed by atoms with E-state index in [9.17, 15) is 46.8 Å². The van der Waals surface area contributed by atoms with Gasteiger partial charge in [0.25, 0.3) is 23.6 Å². The summed E-state index contributed by atoms with van der Waals surface area (Å²) in [7, 11) is -1.71. The molecule has 0 radical (unpaired) electrons. The van der Waals surface area contributed by atoms with Crippen LogP contribution in [0.4, 0.5) is 10.9 Å². The van der Waals surface area contributed by atoms with Gasteiger partial charge in [-0.15, -0.1) is 11.3 Å². The van der Waals surface area contributed by atoms with Crippen LogP contribution in [0.5, 0.6) is 5.75 Å². The number of hydrogen-bond donors (Lipinski definition) is 3. The molecule has 9 rings (SSSR count). The summed E-state index contributed by atoms with van der Waals surface area (Å²) in [6, 6.07) is 16.3. The van der Waals surface area contributed by atoms with Gasteiger partial charge in [-0.3, -0.25) is 52.5 Å². The summed E-state index contributed by atoms with van der Waals surface area (Å²) in [4.78, 5) is 118. The van der Waals surface area contributed by atoms with Crippen LogP contribution in [0.2, 0.25) is 0 Å². The van der Waals surface area contributed by atoms with Crippen molar-refractivity contribution in [3.05, 3.63) is 101 Å². The lowest BCUT2D eigenvalue weighted by molar-refractivity contribution is -0.136. The standard InChI is InChI=1S/C50H52N10O11S2/c1-56(40-24-33(11-17-51-40)32-5-3-6-34(23-32)37-29-72-50(53-37)55-42(62)25-52-46(65)35-16-22-59(26-35)73(2,69)70)27-43(63)57-18-12-30(13-19-57)31-14-20-58(21-15-31)44(64)28-71-39-8-4-7-36-45(39)49(68)60(48(36)67)38-9-10-41(61)54-47(38)66/h3-8,11,16-17,22-24,26,29-31,38H,9-10,12-15,18-21,25,27-28H2,1-2H3,(H,52,65)(H,53,55,62)(H,54,61,66). The van der Waals surface area contributed by atoms with Gasteiger partial charge in [0.15, 0.2) is 11.7 Å². The van der Waals surface area contributed by atoms with E-state index < -0.39 is 51.5 Å². The molecule has 8 amide bonds. The number of piperidine rings is 3. The predicted octanol–water partition coefficient (Wildman–Crippen LogP) is 3.24. The molecule has 0 bridgehead atoms. The van der Waals surface area contributed by atoms with E-state index in [0.717, 1.165) is 57.5 Å². The third-order valence-electron chi connectivity index (χ3n) is 13.7. The number of likely N-dealkylation sites (N-methyl/N-ethyl adjacent to an activating group) is 1. The Morgan fingerprint density at radius 2 is 1.53 bits per heavy atom. The monoisotopic (exact) mass is 1030 g/mol. The normalized spacial score (nSPS) is 17.6. The number of ether oxygens (including phenoxy) is 1. The van der Waals surface area contributed by atoms with E-state index in [1.807, 2.05) is 58.6 Å². The number of rotatable bonds is 15. The van der Waals surface area contributed by atoms with Crippen LogP contribution in [0.15, 0.2) is 84.6 Å². The van der Waals surface area contributed by atoms with E-state index in [0.29, 0.717) is 54.7 Å². The third kappa shape index (κ3) is 11.2. The molecule has 0 aliphatic carbocycles. The molecule has 380 valence electrons. The molecule has 0 spiro atoms. The molecule has 4 aliphatic rings. The Hall–Kier alpha value is -7.79. The topological polar surface area (TPSA) is 260 Å². The number of fused-ring (bicyclic) bond motifs is 1. The second-order valence-corrected chi connectivity index (χ2v) is 21.2. The SMILES string of the molecule is CN(CC(=O)N1CCC(C2CCN(C(=O)COc3cccc4c3C(=O)N(C3CCC(=O)NC3=O)C4=O)CC2)CC1)c1cc(-c2cccc(-c3csc(NC(=O)CNC(=O)c4ccn(S(C)(=O)=O)c4)n3)c2)ccn1. The van der Waals surface area contributed by atoms with Gasteiger partial charge < -0.3 is 30.1 Å². The molecular weight excluding hydrogens is 981 g/mol. The summed E-state index contributed by atoms with van der Waals surface area (Å²) in [5.74, 6) is -2.33. The molecule has 4 aliphatic heterocycles. The first kappa shape index (κ1) is 50.2. The molecule has 3 aromatic heterocycles. The van der Waals surface area contributed by atoms with Gasteiger partial charge in [-0.1, -0.05) is 24.3 Å². The number of likely N-dealkylation sites (tertiary alicyclic amines) is 2. The lowest BCUT2D eigenvalue weighted by Gasteiger charge is -2.40. The molecule has 7 heterocycles. The van der Waals surface area contributed by atoms with Crippen molar-refractivity contribution in [2.75, 3.05) is 69.4 Å². The molecule has 5 aromatic rings. The average molecular weight is 1030 g/mol. The van der Waals surface area contributed by atoms with Gasteiger partial charge in [0.2, 0.25) is 33.7 Å². The first-order valence-corrected chi connectivity index (χ1v) is 26.5. The van der Waals surface area contributed by atoms with Gasteiger partial charge in [-0.05, 0) is 91.5 Å². The molecule has 21 nitrogen and oxygen atoms in total. The number of anilines is 2. The Labute approximate surface area is 423 Å². The zero-order valence-electron chi connectivity index (χ0n) is 39.9. The highest BCUT2D eigenvalue weighted by Gasteiger charge is 2.46. The van der Waals surface area contributed by atoms with E-state index in [1.165, 1.54) is 41.9 Å². The Morgan fingerprint density at radius 1 is 0.849 bits per heavy atom. The van der Waals surface area contributed by atoms with E-state index in [1.54, 1.807) is 17.2 Å². The van der Waals surface area contributed by atoms with Crippen molar-refractivity contribution in [3.8, 4) is 28.1 Å². The molecular formula is C50H52N10O11S2. The molecule has 3 N–H and O–H groups in total. The average Bonchev–Trinajstić information content (AvgIpc) is 4.14. The molecule has 23 heteroatoms. The quantitative estimate of drug-likeness (QED) is 0.127. The van der Waals surface area contributed by atoms with Gasteiger partial charge in [0.05, 0.1) is 41.7 Å². The van der Waals surface area contributed by atoms with Crippen LogP contribution in [0.3, 0.4) is 0 Å². The summed E-state index contributed by atoms with van der Waals surface area (Å²) >= 11 is 1.23. The number of carbonyl (C=O) groups excluding carboxylic acids is 8. The maximum absolute atomic E-state index is 13.6. The van der Waals surface area contributed by atoms with Crippen molar-refractivity contribution >= 4 is 79.6 Å². The Bertz CT molecular complexity index is 3140. The summed E-state index contributed by atoms with van der Waals surface area (Å²) in [6.07, 6.45) is 8.52.